The Morgan fingerprint density at radius 3 is 2.13 bits per heavy atom. The van der Waals surface area contributed by atoms with Crippen molar-refractivity contribution in [2.75, 3.05) is 0 Å². The molecular formula is C44H34N2. The number of nitrogens with one attached hydrogen (secondary N) is 1. The van der Waals surface area contributed by atoms with E-state index in [1.807, 2.05) is 0 Å². The Labute approximate surface area is 270 Å². The SMILES string of the molecule is CC1(C)c2ccccc2-c2cc3c4ccccc4n(-c4cccc(C5=CC(c6ccccc6)=CC(c6ccccc6)N5)c4)c3cc21. The number of aromatic nitrogens is 1. The Morgan fingerprint density at radius 1 is 0.565 bits per heavy atom. The van der Waals surface area contributed by atoms with Gasteiger partial charge in [-0.15, -0.1) is 0 Å². The number of hydrogen-bond donors (Lipinski definition) is 1. The first-order chi connectivity index (χ1) is 22.6. The van der Waals surface area contributed by atoms with Crippen LogP contribution in [0.4, 0.5) is 0 Å². The molecule has 1 aliphatic carbocycles. The van der Waals surface area contributed by atoms with Crippen LogP contribution in [0.25, 0.3) is 49.9 Å². The molecule has 7 aromatic rings. The maximum atomic E-state index is 3.86. The molecule has 0 saturated carbocycles. The van der Waals surface area contributed by atoms with Gasteiger partial charge < -0.3 is 9.88 Å². The zero-order valence-electron chi connectivity index (χ0n) is 26.0. The standard InChI is InChI=1S/C44H34N2/c1-44(2)38-22-11-9-20-34(38)36-27-37-35-21-10-12-23-42(35)46(43(37)28-39(36)44)33-19-13-18-31(24-33)41-26-32(29-14-5-3-6-15-29)25-40(45-41)30-16-7-4-8-17-30/h3-28,40,45H,1-2H3. The van der Waals surface area contributed by atoms with Gasteiger partial charge in [-0.05, 0) is 87.0 Å². The molecular weight excluding hydrogens is 556 g/mol. The van der Waals surface area contributed by atoms with Gasteiger partial charge in [0.25, 0.3) is 0 Å². The minimum absolute atomic E-state index is 0.0628. The second-order valence-corrected chi connectivity index (χ2v) is 13.1. The summed E-state index contributed by atoms with van der Waals surface area (Å²) in [5.41, 5.74) is 15.1. The van der Waals surface area contributed by atoms with Gasteiger partial charge >= 0.3 is 0 Å². The van der Waals surface area contributed by atoms with Crippen LogP contribution in [-0.4, -0.2) is 4.57 Å². The molecule has 2 heteroatoms. The van der Waals surface area contributed by atoms with Gasteiger partial charge in [0.05, 0.1) is 17.1 Å². The fraction of sp³-hybridized carbons (Fsp3) is 0.0909. The highest BCUT2D eigenvalue weighted by atomic mass is 15.0. The van der Waals surface area contributed by atoms with Crippen molar-refractivity contribution < 1.29 is 0 Å². The average Bonchev–Trinajstić information content (AvgIpc) is 3.56. The van der Waals surface area contributed by atoms with E-state index >= 15 is 0 Å². The highest BCUT2D eigenvalue weighted by molar-refractivity contribution is 6.11. The van der Waals surface area contributed by atoms with E-state index in [0.29, 0.717) is 0 Å². The lowest BCUT2D eigenvalue weighted by molar-refractivity contribution is 0.661. The Bertz CT molecular complexity index is 2350. The van der Waals surface area contributed by atoms with Crippen molar-refractivity contribution in [1.82, 2.24) is 9.88 Å². The zero-order chi connectivity index (χ0) is 30.8. The van der Waals surface area contributed by atoms with E-state index in [0.717, 1.165) is 11.4 Å². The molecule has 2 aliphatic rings. The highest BCUT2D eigenvalue weighted by Gasteiger charge is 2.36. The third-order valence-corrected chi connectivity index (χ3v) is 10.0. The average molecular weight is 591 g/mol. The maximum absolute atomic E-state index is 3.86. The van der Waals surface area contributed by atoms with Crippen molar-refractivity contribution in [2.45, 2.75) is 25.3 Å². The molecule has 0 saturated heterocycles. The van der Waals surface area contributed by atoms with Gasteiger partial charge in [0, 0.05) is 27.6 Å². The molecule has 1 aromatic heterocycles. The Hall–Kier alpha value is -5.60. The predicted octanol–water partition coefficient (Wildman–Crippen LogP) is 10.9. The Kier molecular flexibility index (Phi) is 5.95. The number of hydrogen-bond acceptors (Lipinski definition) is 1. The third kappa shape index (κ3) is 4.10. The molecule has 0 amide bonds. The van der Waals surface area contributed by atoms with E-state index in [4.69, 9.17) is 0 Å². The Morgan fingerprint density at radius 2 is 1.28 bits per heavy atom. The largest absolute Gasteiger partial charge is 0.374 e. The second kappa shape index (κ2) is 10.2. The van der Waals surface area contributed by atoms with Gasteiger partial charge in [0.1, 0.15) is 0 Å². The van der Waals surface area contributed by atoms with Crippen LogP contribution < -0.4 is 5.32 Å². The number of allylic oxidation sites excluding steroid dienone is 2. The molecule has 2 heterocycles. The third-order valence-electron chi connectivity index (χ3n) is 10.0. The molecule has 0 fully saturated rings. The van der Waals surface area contributed by atoms with Gasteiger partial charge in [0.2, 0.25) is 0 Å². The lowest BCUT2D eigenvalue weighted by Gasteiger charge is -2.26. The van der Waals surface area contributed by atoms with Crippen molar-refractivity contribution in [1.29, 1.82) is 0 Å². The first kappa shape index (κ1) is 26.8. The van der Waals surface area contributed by atoms with Crippen LogP contribution in [0.15, 0.2) is 158 Å². The van der Waals surface area contributed by atoms with E-state index in [2.05, 4.69) is 181 Å². The van der Waals surface area contributed by atoms with Gasteiger partial charge in [-0.1, -0.05) is 129 Å². The first-order valence-corrected chi connectivity index (χ1v) is 16.1. The summed E-state index contributed by atoms with van der Waals surface area (Å²) in [6.45, 7) is 4.72. The summed E-state index contributed by atoms with van der Waals surface area (Å²) in [6, 6.07) is 53.1. The van der Waals surface area contributed by atoms with Gasteiger partial charge in [-0.25, -0.2) is 0 Å². The van der Waals surface area contributed by atoms with Crippen molar-refractivity contribution in [2.24, 2.45) is 0 Å². The summed E-state index contributed by atoms with van der Waals surface area (Å²) in [5.74, 6) is 0. The van der Waals surface area contributed by atoms with Crippen LogP contribution in [0, 0.1) is 0 Å². The fourth-order valence-corrected chi connectivity index (χ4v) is 7.70. The van der Waals surface area contributed by atoms with Gasteiger partial charge in [-0.2, -0.15) is 0 Å². The van der Waals surface area contributed by atoms with Gasteiger partial charge in [-0.3, -0.25) is 0 Å². The molecule has 1 atom stereocenters. The van der Waals surface area contributed by atoms with Crippen molar-refractivity contribution in [3.05, 3.63) is 186 Å². The minimum Gasteiger partial charge on any atom is -0.374 e. The van der Waals surface area contributed by atoms with Crippen molar-refractivity contribution >= 4 is 33.1 Å². The molecule has 6 aromatic carbocycles. The van der Waals surface area contributed by atoms with E-state index < -0.39 is 0 Å². The van der Waals surface area contributed by atoms with E-state index in [9.17, 15) is 0 Å². The lowest BCUT2D eigenvalue weighted by atomic mass is 9.82. The summed E-state index contributed by atoms with van der Waals surface area (Å²) in [5, 5.41) is 6.43. The first-order valence-electron chi connectivity index (χ1n) is 16.1. The second-order valence-electron chi connectivity index (χ2n) is 13.1. The van der Waals surface area contributed by atoms with Gasteiger partial charge in [0.15, 0.2) is 0 Å². The molecule has 9 rings (SSSR count). The topological polar surface area (TPSA) is 17.0 Å². The van der Waals surface area contributed by atoms with E-state index in [1.54, 1.807) is 0 Å². The monoisotopic (exact) mass is 590 g/mol. The van der Waals surface area contributed by atoms with Crippen molar-refractivity contribution in [3.63, 3.8) is 0 Å². The van der Waals surface area contributed by atoms with Crippen LogP contribution in [0.5, 0.6) is 0 Å². The number of para-hydroxylation sites is 1. The molecule has 1 N–H and O–H groups in total. The van der Waals surface area contributed by atoms with E-state index in [1.165, 1.54) is 66.3 Å². The predicted molar refractivity (Wildman–Crippen MR) is 193 cm³/mol. The van der Waals surface area contributed by atoms with Crippen LogP contribution in [0.2, 0.25) is 0 Å². The Balaban J connectivity index is 1.22. The number of nitrogens with zero attached hydrogens (tertiary/aromatic N) is 1. The van der Waals surface area contributed by atoms with Crippen molar-refractivity contribution in [3.8, 4) is 16.8 Å². The van der Waals surface area contributed by atoms with Crippen LogP contribution in [0.3, 0.4) is 0 Å². The minimum atomic E-state index is -0.0628. The summed E-state index contributed by atoms with van der Waals surface area (Å²) in [6.07, 6.45) is 4.64. The maximum Gasteiger partial charge on any atom is 0.0707 e. The molecule has 0 bridgehead atoms. The summed E-state index contributed by atoms with van der Waals surface area (Å²) >= 11 is 0. The summed E-state index contributed by atoms with van der Waals surface area (Å²) in [7, 11) is 0. The van der Waals surface area contributed by atoms with E-state index in [-0.39, 0.29) is 11.5 Å². The number of dihydropyridines is 1. The van der Waals surface area contributed by atoms with Crippen LogP contribution >= 0.6 is 0 Å². The van der Waals surface area contributed by atoms with Crippen LogP contribution in [-0.2, 0) is 5.41 Å². The molecule has 220 valence electrons. The molecule has 2 nitrogen and oxygen atoms in total. The molecule has 1 aliphatic heterocycles. The molecule has 1 unspecified atom stereocenters. The van der Waals surface area contributed by atoms with Crippen LogP contribution in [0.1, 0.15) is 47.7 Å². The molecule has 0 radical (unpaired) electrons. The smallest absolute Gasteiger partial charge is 0.0707 e. The molecule has 0 spiro atoms. The lowest BCUT2D eigenvalue weighted by Crippen LogP contribution is -2.21. The number of benzene rings is 6. The zero-order valence-corrected chi connectivity index (χ0v) is 26.0. The number of fused-ring (bicyclic) bond motifs is 6. The quantitative estimate of drug-likeness (QED) is 0.216. The normalized spacial score (nSPS) is 16.4. The number of rotatable bonds is 4. The fourth-order valence-electron chi connectivity index (χ4n) is 7.70. The summed E-state index contributed by atoms with van der Waals surface area (Å²) in [4.78, 5) is 0. The summed E-state index contributed by atoms with van der Waals surface area (Å²) < 4.78 is 2.46. The molecule has 46 heavy (non-hydrogen) atoms. The highest BCUT2D eigenvalue weighted by Crippen LogP contribution is 2.51.